The molecule has 0 saturated heterocycles. The minimum absolute atomic E-state index is 0.425. The smallest absolute Gasteiger partial charge is 0.0933 e. The second-order valence-corrected chi connectivity index (χ2v) is 6.15. The lowest BCUT2D eigenvalue weighted by molar-refractivity contribution is 0.181. The number of rotatable bonds is 3. The SMILES string of the molecule is Cc1cc(C)cc(CC(O)c2sccc2Br)c1. The summed E-state index contributed by atoms with van der Waals surface area (Å²) in [5.41, 5.74) is 3.69. The number of benzene rings is 1. The Kier molecular flexibility index (Phi) is 4.02. The van der Waals surface area contributed by atoms with Gasteiger partial charge in [-0.15, -0.1) is 11.3 Å². The maximum atomic E-state index is 10.2. The highest BCUT2D eigenvalue weighted by Crippen LogP contribution is 2.31. The highest BCUT2D eigenvalue weighted by molar-refractivity contribution is 9.10. The Balaban J connectivity index is 2.18. The van der Waals surface area contributed by atoms with Crippen molar-refractivity contribution in [3.05, 3.63) is 55.7 Å². The molecule has 1 nitrogen and oxygen atoms in total. The molecule has 1 atom stereocenters. The van der Waals surface area contributed by atoms with Crippen molar-refractivity contribution in [2.75, 3.05) is 0 Å². The number of halogens is 1. The first-order valence-electron chi connectivity index (χ1n) is 5.54. The van der Waals surface area contributed by atoms with Crippen molar-refractivity contribution >= 4 is 27.3 Å². The van der Waals surface area contributed by atoms with Gasteiger partial charge in [0.2, 0.25) is 0 Å². The monoisotopic (exact) mass is 310 g/mol. The summed E-state index contributed by atoms with van der Waals surface area (Å²) in [4.78, 5) is 1.00. The first kappa shape index (κ1) is 12.8. The second kappa shape index (κ2) is 5.34. The maximum absolute atomic E-state index is 10.2. The first-order chi connectivity index (χ1) is 8.06. The molecule has 0 aliphatic rings. The standard InChI is InChI=1S/C14H15BrOS/c1-9-5-10(2)7-11(6-9)8-13(16)14-12(15)3-4-17-14/h3-7,13,16H,8H2,1-2H3. The number of aryl methyl sites for hydroxylation is 2. The molecule has 0 amide bonds. The molecule has 1 N–H and O–H groups in total. The summed E-state index contributed by atoms with van der Waals surface area (Å²) in [6, 6.07) is 8.40. The zero-order chi connectivity index (χ0) is 12.4. The minimum atomic E-state index is -0.425. The van der Waals surface area contributed by atoms with Crippen LogP contribution in [-0.2, 0) is 6.42 Å². The molecule has 1 aromatic heterocycles. The van der Waals surface area contributed by atoms with Gasteiger partial charge in [0.1, 0.15) is 0 Å². The molecule has 2 rings (SSSR count). The quantitative estimate of drug-likeness (QED) is 0.890. The fraction of sp³-hybridized carbons (Fsp3) is 0.286. The van der Waals surface area contributed by atoms with Crippen LogP contribution in [0.25, 0.3) is 0 Å². The average molecular weight is 311 g/mol. The van der Waals surface area contributed by atoms with Crippen molar-refractivity contribution in [1.29, 1.82) is 0 Å². The van der Waals surface area contributed by atoms with Crippen molar-refractivity contribution in [1.82, 2.24) is 0 Å². The molecule has 0 fully saturated rings. The van der Waals surface area contributed by atoms with Crippen LogP contribution in [0.4, 0.5) is 0 Å². The predicted molar refractivity (Wildman–Crippen MR) is 76.6 cm³/mol. The van der Waals surface area contributed by atoms with Gasteiger partial charge < -0.3 is 5.11 Å². The highest BCUT2D eigenvalue weighted by Gasteiger charge is 2.13. The topological polar surface area (TPSA) is 20.2 Å². The van der Waals surface area contributed by atoms with Gasteiger partial charge >= 0.3 is 0 Å². The lowest BCUT2D eigenvalue weighted by Crippen LogP contribution is -2.01. The summed E-state index contributed by atoms with van der Waals surface area (Å²) in [6.45, 7) is 4.17. The van der Waals surface area contributed by atoms with Gasteiger partial charge in [0, 0.05) is 15.8 Å². The molecule has 1 heterocycles. The molecular weight excluding hydrogens is 296 g/mol. The molecule has 1 aromatic carbocycles. The highest BCUT2D eigenvalue weighted by atomic mass is 79.9. The van der Waals surface area contributed by atoms with Gasteiger partial charge in [-0.25, -0.2) is 0 Å². The maximum Gasteiger partial charge on any atom is 0.0933 e. The molecule has 3 heteroatoms. The molecule has 0 saturated carbocycles. The fourth-order valence-corrected chi connectivity index (χ4v) is 3.67. The van der Waals surface area contributed by atoms with Gasteiger partial charge in [-0.3, -0.25) is 0 Å². The lowest BCUT2D eigenvalue weighted by atomic mass is 10.0. The largest absolute Gasteiger partial charge is 0.387 e. The van der Waals surface area contributed by atoms with Crippen LogP contribution in [0.15, 0.2) is 34.1 Å². The van der Waals surface area contributed by atoms with E-state index in [-0.39, 0.29) is 0 Å². The van der Waals surface area contributed by atoms with Crippen molar-refractivity contribution in [2.45, 2.75) is 26.4 Å². The van der Waals surface area contributed by atoms with E-state index < -0.39 is 6.10 Å². The van der Waals surface area contributed by atoms with Crippen LogP contribution in [0.1, 0.15) is 27.7 Å². The van der Waals surface area contributed by atoms with Crippen LogP contribution in [0.2, 0.25) is 0 Å². The fourth-order valence-electron chi connectivity index (χ4n) is 2.05. The molecule has 0 radical (unpaired) electrons. The first-order valence-corrected chi connectivity index (χ1v) is 7.21. The number of aliphatic hydroxyl groups excluding tert-OH is 1. The summed E-state index contributed by atoms with van der Waals surface area (Å²) in [6.07, 6.45) is 0.243. The molecule has 1 unspecified atom stereocenters. The summed E-state index contributed by atoms with van der Waals surface area (Å²) in [5, 5.41) is 12.2. The molecule has 0 aliphatic heterocycles. The van der Waals surface area contributed by atoms with E-state index in [0.717, 1.165) is 9.35 Å². The summed E-state index contributed by atoms with van der Waals surface area (Å²) >= 11 is 5.05. The van der Waals surface area contributed by atoms with E-state index in [0.29, 0.717) is 6.42 Å². The zero-order valence-electron chi connectivity index (χ0n) is 9.90. The van der Waals surface area contributed by atoms with Crippen molar-refractivity contribution in [3.8, 4) is 0 Å². The van der Waals surface area contributed by atoms with Gasteiger partial charge in [0.05, 0.1) is 6.10 Å². The van der Waals surface area contributed by atoms with E-state index in [1.54, 1.807) is 11.3 Å². The summed E-state index contributed by atoms with van der Waals surface area (Å²) in [5.74, 6) is 0. The molecule has 0 spiro atoms. The molecule has 0 aliphatic carbocycles. The van der Waals surface area contributed by atoms with Crippen molar-refractivity contribution in [3.63, 3.8) is 0 Å². The van der Waals surface area contributed by atoms with Gasteiger partial charge in [-0.2, -0.15) is 0 Å². The number of aliphatic hydroxyl groups is 1. The Morgan fingerprint density at radius 1 is 1.24 bits per heavy atom. The Labute approximate surface area is 114 Å². The second-order valence-electron chi connectivity index (χ2n) is 4.35. The molecule has 2 aromatic rings. The molecular formula is C14H15BrOS. The van der Waals surface area contributed by atoms with E-state index in [1.807, 2.05) is 11.4 Å². The molecule has 90 valence electrons. The van der Waals surface area contributed by atoms with E-state index in [1.165, 1.54) is 16.7 Å². The Morgan fingerprint density at radius 3 is 2.41 bits per heavy atom. The third-order valence-electron chi connectivity index (χ3n) is 2.66. The summed E-state index contributed by atoms with van der Waals surface area (Å²) < 4.78 is 0.999. The van der Waals surface area contributed by atoms with E-state index >= 15 is 0 Å². The Morgan fingerprint density at radius 2 is 1.88 bits per heavy atom. The van der Waals surface area contributed by atoms with Gasteiger partial charge in [0.25, 0.3) is 0 Å². The van der Waals surface area contributed by atoms with Crippen LogP contribution >= 0.6 is 27.3 Å². The van der Waals surface area contributed by atoms with Crippen LogP contribution < -0.4 is 0 Å². The van der Waals surface area contributed by atoms with Crippen LogP contribution in [0.5, 0.6) is 0 Å². The zero-order valence-corrected chi connectivity index (χ0v) is 12.3. The third-order valence-corrected chi connectivity index (χ3v) is 4.63. The van der Waals surface area contributed by atoms with Crippen LogP contribution in [0, 0.1) is 13.8 Å². The average Bonchev–Trinajstić information content (AvgIpc) is 2.62. The van der Waals surface area contributed by atoms with Crippen LogP contribution in [0.3, 0.4) is 0 Å². The number of hydrogen-bond acceptors (Lipinski definition) is 2. The van der Waals surface area contributed by atoms with E-state index in [4.69, 9.17) is 0 Å². The van der Waals surface area contributed by atoms with Crippen LogP contribution in [-0.4, -0.2) is 5.11 Å². The van der Waals surface area contributed by atoms with Crippen molar-refractivity contribution in [2.24, 2.45) is 0 Å². The normalized spacial score (nSPS) is 12.7. The lowest BCUT2D eigenvalue weighted by Gasteiger charge is -2.11. The van der Waals surface area contributed by atoms with E-state index in [9.17, 15) is 5.11 Å². The number of thiophene rings is 1. The van der Waals surface area contributed by atoms with Gasteiger partial charge in [-0.1, -0.05) is 29.3 Å². The van der Waals surface area contributed by atoms with E-state index in [2.05, 4.69) is 48.0 Å². The predicted octanol–water partition coefficient (Wildman–Crippen LogP) is 4.40. The summed E-state index contributed by atoms with van der Waals surface area (Å²) in [7, 11) is 0. The molecule has 0 bridgehead atoms. The van der Waals surface area contributed by atoms with Gasteiger partial charge in [-0.05, 0) is 46.8 Å². The Hall–Kier alpha value is -0.640. The number of hydrogen-bond donors (Lipinski definition) is 1. The van der Waals surface area contributed by atoms with Crippen molar-refractivity contribution < 1.29 is 5.11 Å². The molecule has 17 heavy (non-hydrogen) atoms. The van der Waals surface area contributed by atoms with Gasteiger partial charge in [0.15, 0.2) is 0 Å². The Bertz CT molecular complexity index is 498. The third kappa shape index (κ3) is 3.18. The minimum Gasteiger partial charge on any atom is -0.387 e.